The van der Waals surface area contributed by atoms with Crippen molar-refractivity contribution in [1.82, 2.24) is 10.6 Å². The predicted molar refractivity (Wildman–Crippen MR) is 38.7 cm³/mol. The predicted octanol–water partition coefficient (Wildman–Crippen LogP) is -1.07. The van der Waals surface area contributed by atoms with Crippen LogP contribution in [-0.2, 0) is 4.79 Å². The molecule has 0 spiro atoms. The van der Waals surface area contributed by atoms with Crippen LogP contribution >= 0.6 is 0 Å². The van der Waals surface area contributed by atoms with Crippen molar-refractivity contribution in [2.75, 3.05) is 0 Å². The monoisotopic (exact) mass is 157 g/mol. The van der Waals surface area contributed by atoms with Crippen molar-refractivity contribution in [3.8, 4) is 0 Å². The van der Waals surface area contributed by atoms with Crippen LogP contribution in [0.15, 0.2) is 0 Å². The van der Waals surface area contributed by atoms with Gasteiger partial charge in [0.2, 0.25) is 0 Å². The minimum Gasteiger partial charge on any atom is -0.324 e. The Labute approximate surface area is 64.3 Å². The molecular weight excluding hydrogens is 146 g/mol. The molecule has 0 aliphatic carbocycles. The summed E-state index contributed by atoms with van der Waals surface area (Å²) >= 11 is 0. The number of carbonyl (C=O) groups is 2. The van der Waals surface area contributed by atoms with Crippen molar-refractivity contribution in [2.45, 2.75) is 25.4 Å². The van der Waals surface area contributed by atoms with E-state index in [1.165, 1.54) is 0 Å². The summed E-state index contributed by atoms with van der Waals surface area (Å²) in [5.74, 6) is -0.359. The molecular formula is C6H11N3O2. The summed E-state index contributed by atoms with van der Waals surface area (Å²) in [5, 5.41) is 4.52. The summed E-state index contributed by atoms with van der Waals surface area (Å²) in [5.41, 5.74) is 4.91. The Kier molecular flexibility index (Phi) is 1.60. The zero-order valence-corrected chi connectivity index (χ0v) is 6.47. The highest BCUT2D eigenvalue weighted by Crippen LogP contribution is 2.08. The summed E-state index contributed by atoms with van der Waals surface area (Å²) in [7, 11) is 0. The van der Waals surface area contributed by atoms with Crippen LogP contribution < -0.4 is 16.4 Å². The van der Waals surface area contributed by atoms with Crippen LogP contribution in [-0.4, -0.2) is 23.5 Å². The smallest absolute Gasteiger partial charge is 0.322 e. The summed E-state index contributed by atoms with van der Waals surface area (Å²) in [6, 6.07) is -1.09. The molecule has 1 fully saturated rings. The van der Waals surface area contributed by atoms with Crippen LogP contribution in [0, 0.1) is 0 Å². The summed E-state index contributed by atoms with van der Waals surface area (Å²) < 4.78 is 0. The molecule has 1 unspecified atom stereocenters. The van der Waals surface area contributed by atoms with Gasteiger partial charge < -0.3 is 11.1 Å². The van der Waals surface area contributed by atoms with Gasteiger partial charge in [0.1, 0.15) is 6.04 Å². The Morgan fingerprint density at radius 1 is 1.45 bits per heavy atom. The van der Waals surface area contributed by atoms with Gasteiger partial charge in [0.05, 0.1) is 0 Å². The SMILES string of the molecule is CC(C)(N)C1NC(=O)NC1=O. The van der Waals surface area contributed by atoms with E-state index in [2.05, 4.69) is 10.6 Å². The molecule has 4 N–H and O–H groups in total. The fourth-order valence-corrected chi connectivity index (χ4v) is 0.941. The number of urea groups is 1. The second kappa shape index (κ2) is 2.20. The second-order valence-corrected chi connectivity index (χ2v) is 3.22. The average molecular weight is 157 g/mol. The molecule has 0 bridgehead atoms. The van der Waals surface area contributed by atoms with Gasteiger partial charge in [-0.3, -0.25) is 10.1 Å². The molecule has 5 nitrogen and oxygen atoms in total. The summed E-state index contributed by atoms with van der Waals surface area (Å²) in [4.78, 5) is 21.6. The number of amides is 3. The molecule has 0 aromatic heterocycles. The number of nitrogens with one attached hydrogen (secondary N) is 2. The van der Waals surface area contributed by atoms with Crippen LogP contribution in [0.3, 0.4) is 0 Å². The van der Waals surface area contributed by atoms with Gasteiger partial charge in [-0.1, -0.05) is 0 Å². The van der Waals surface area contributed by atoms with Crippen molar-refractivity contribution >= 4 is 11.9 Å². The average Bonchev–Trinajstić information content (AvgIpc) is 2.08. The molecule has 1 aliphatic heterocycles. The van der Waals surface area contributed by atoms with Gasteiger partial charge in [-0.15, -0.1) is 0 Å². The molecule has 0 saturated carbocycles. The number of hydrogen-bond acceptors (Lipinski definition) is 3. The van der Waals surface area contributed by atoms with Crippen molar-refractivity contribution < 1.29 is 9.59 Å². The molecule has 62 valence electrons. The minimum atomic E-state index is -0.712. The van der Waals surface area contributed by atoms with E-state index in [0.717, 1.165) is 0 Å². The maximum absolute atomic E-state index is 11.0. The van der Waals surface area contributed by atoms with Crippen molar-refractivity contribution in [1.29, 1.82) is 0 Å². The molecule has 11 heavy (non-hydrogen) atoms. The highest BCUT2D eigenvalue weighted by atomic mass is 16.2. The summed E-state index contributed by atoms with van der Waals surface area (Å²) in [6.07, 6.45) is 0. The van der Waals surface area contributed by atoms with Crippen molar-refractivity contribution in [3.63, 3.8) is 0 Å². The number of carbonyl (C=O) groups excluding carboxylic acids is 2. The highest BCUT2D eigenvalue weighted by molar-refractivity contribution is 6.04. The Balaban J connectivity index is 2.76. The Morgan fingerprint density at radius 2 is 2.00 bits per heavy atom. The highest BCUT2D eigenvalue weighted by Gasteiger charge is 2.38. The number of hydrogen-bond donors (Lipinski definition) is 3. The zero-order valence-electron chi connectivity index (χ0n) is 6.47. The van der Waals surface area contributed by atoms with Gasteiger partial charge in [-0.25, -0.2) is 4.79 Å². The van der Waals surface area contributed by atoms with E-state index < -0.39 is 17.6 Å². The lowest BCUT2D eigenvalue weighted by Gasteiger charge is -2.23. The van der Waals surface area contributed by atoms with Crippen LogP contribution in [0.25, 0.3) is 0 Å². The first-order valence-electron chi connectivity index (χ1n) is 3.31. The molecule has 1 atom stereocenters. The van der Waals surface area contributed by atoms with E-state index in [0.29, 0.717) is 0 Å². The largest absolute Gasteiger partial charge is 0.324 e. The molecule has 1 rings (SSSR count). The fraction of sp³-hybridized carbons (Fsp3) is 0.667. The Morgan fingerprint density at radius 3 is 2.18 bits per heavy atom. The lowest BCUT2D eigenvalue weighted by molar-refractivity contribution is -0.121. The lowest BCUT2D eigenvalue weighted by atomic mass is 9.96. The molecule has 0 radical (unpaired) electrons. The van der Waals surface area contributed by atoms with Gasteiger partial charge in [0, 0.05) is 5.54 Å². The van der Waals surface area contributed by atoms with E-state index >= 15 is 0 Å². The molecule has 5 heteroatoms. The van der Waals surface area contributed by atoms with Crippen LogP contribution in [0.1, 0.15) is 13.8 Å². The van der Waals surface area contributed by atoms with Crippen molar-refractivity contribution in [3.05, 3.63) is 0 Å². The van der Waals surface area contributed by atoms with E-state index in [9.17, 15) is 9.59 Å². The summed E-state index contributed by atoms with van der Waals surface area (Å²) in [6.45, 7) is 3.37. The third kappa shape index (κ3) is 1.48. The quantitative estimate of drug-likeness (QED) is 0.424. The standard InChI is InChI=1S/C6H11N3O2/c1-6(2,7)3-4(10)9-5(11)8-3/h3H,7H2,1-2H3,(H2,8,9,10,11). The van der Waals surface area contributed by atoms with Gasteiger partial charge in [-0.2, -0.15) is 0 Å². The Bertz CT molecular complexity index is 206. The topological polar surface area (TPSA) is 84.2 Å². The van der Waals surface area contributed by atoms with E-state index in [4.69, 9.17) is 5.73 Å². The molecule has 0 aromatic carbocycles. The molecule has 1 aliphatic rings. The van der Waals surface area contributed by atoms with Crippen molar-refractivity contribution in [2.24, 2.45) is 5.73 Å². The third-order valence-electron chi connectivity index (χ3n) is 1.52. The first-order chi connectivity index (χ1) is 4.91. The number of nitrogens with two attached hydrogens (primary N) is 1. The Hall–Kier alpha value is -1.10. The lowest BCUT2D eigenvalue weighted by Crippen LogP contribution is -2.54. The first kappa shape index (κ1) is 8.00. The molecule has 1 heterocycles. The van der Waals surface area contributed by atoms with E-state index in [1.54, 1.807) is 13.8 Å². The maximum Gasteiger partial charge on any atom is 0.322 e. The van der Waals surface area contributed by atoms with E-state index in [-0.39, 0.29) is 5.91 Å². The van der Waals surface area contributed by atoms with Gasteiger partial charge in [0.25, 0.3) is 5.91 Å². The van der Waals surface area contributed by atoms with Gasteiger partial charge >= 0.3 is 6.03 Å². The van der Waals surface area contributed by atoms with E-state index in [1.807, 2.05) is 0 Å². The first-order valence-corrected chi connectivity index (χ1v) is 3.31. The molecule has 0 aromatic rings. The zero-order chi connectivity index (χ0) is 8.65. The normalized spacial score (nSPS) is 24.8. The minimum absolute atomic E-state index is 0.359. The number of imide groups is 1. The number of rotatable bonds is 1. The maximum atomic E-state index is 11.0. The van der Waals surface area contributed by atoms with Crippen LogP contribution in [0.5, 0.6) is 0 Å². The molecule has 1 saturated heterocycles. The van der Waals surface area contributed by atoms with Gasteiger partial charge in [-0.05, 0) is 13.8 Å². The molecule has 3 amide bonds. The van der Waals surface area contributed by atoms with Crippen LogP contribution in [0.2, 0.25) is 0 Å². The third-order valence-corrected chi connectivity index (χ3v) is 1.52. The van der Waals surface area contributed by atoms with Gasteiger partial charge in [0.15, 0.2) is 0 Å². The second-order valence-electron chi connectivity index (χ2n) is 3.22. The van der Waals surface area contributed by atoms with Crippen LogP contribution in [0.4, 0.5) is 4.79 Å². The fourth-order valence-electron chi connectivity index (χ4n) is 0.941.